The number of nitrogens with zero attached hydrogens (tertiary/aromatic N) is 1. The highest BCUT2D eigenvalue weighted by Crippen LogP contribution is 2.33. The van der Waals surface area contributed by atoms with E-state index in [4.69, 9.17) is 16.3 Å². The van der Waals surface area contributed by atoms with Crippen LogP contribution in [0.4, 0.5) is 0 Å². The molecule has 3 heterocycles. The highest BCUT2D eigenvalue weighted by Gasteiger charge is 2.35. The number of nitrogens with one attached hydrogen (secondary N) is 1. The molecule has 0 spiro atoms. The van der Waals surface area contributed by atoms with Crippen LogP contribution in [0.25, 0.3) is 0 Å². The number of benzene rings is 1. The fourth-order valence-electron chi connectivity index (χ4n) is 4.23. The van der Waals surface area contributed by atoms with E-state index in [9.17, 15) is 0 Å². The van der Waals surface area contributed by atoms with E-state index in [1.54, 1.807) is 0 Å². The van der Waals surface area contributed by atoms with Crippen molar-refractivity contribution in [2.45, 2.75) is 50.3 Å². The van der Waals surface area contributed by atoms with E-state index < -0.39 is 0 Å². The summed E-state index contributed by atoms with van der Waals surface area (Å²) in [6.07, 6.45) is 6.62. The molecule has 0 bridgehead atoms. The van der Waals surface area contributed by atoms with Gasteiger partial charge in [-0.1, -0.05) is 11.6 Å². The van der Waals surface area contributed by atoms with Crippen LogP contribution in [-0.2, 0) is 6.42 Å². The summed E-state index contributed by atoms with van der Waals surface area (Å²) in [4.78, 5) is 2.65. The van der Waals surface area contributed by atoms with Crippen molar-refractivity contribution >= 4 is 11.6 Å². The van der Waals surface area contributed by atoms with Crippen LogP contribution in [0.1, 0.15) is 31.2 Å². The zero-order valence-corrected chi connectivity index (χ0v) is 13.1. The van der Waals surface area contributed by atoms with Crippen LogP contribution < -0.4 is 10.1 Å². The van der Waals surface area contributed by atoms with Crippen molar-refractivity contribution in [3.8, 4) is 5.75 Å². The molecule has 0 amide bonds. The second-order valence-corrected chi connectivity index (χ2v) is 7.04. The number of ether oxygens (including phenoxy) is 1. The van der Waals surface area contributed by atoms with Gasteiger partial charge in [-0.25, -0.2) is 0 Å². The molecule has 1 aromatic carbocycles. The Morgan fingerprint density at radius 2 is 2.24 bits per heavy atom. The van der Waals surface area contributed by atoms with Crippen LogP contribution in [0, 0.1) is 0 Å². The van der Waals surface area contributed by atoms with Crippen molar-refractivity contribution in [3.63, 3.8) is 0 Å². The molecule has 0 aromatic heterocycles. The van der Waals surface area contributed by atoms with Crippen LogP contribution in [0.2, 0.25) is 5.02 Å². The highest BCUT2D eigenvalue weighted by atomic mass is 35.5. The van der Waals surface area contributed by atoms with Crippen molar-refractivity contribution in [2.24, 2.45) is 0 Å². The lowest BCUT2D eigenvalue weighted by molar-refractivity contribution is 0.128. The lowest BCUT2D eigenvalue weighted by Crippen LogP contribution is -2.47. The first kappa shape index (κ1) is 13.9. The van der Waals surface area contributed by atoms with Crippen LogP contribution in [0.5, 0.6) is 5.75 Å². The van der Waals surface area contributed by atoms with Gasteiger partial charge in [-0.05, 0) is 62.5 Å². The minimum absolute atomic E-state index is 0.292. The summed E-state index contributed by atoms with van der Waals surface area (Å²) >= 11 is 6.08. The van der Waals surface area contributed by atoms with E-state index in [0.29, 0.717) is 18.2 Å². The molecule has 3 aliphatic heterocycles. The van der Waals surface area contributed by atoms with Crippen LogP contribution in [0.3, 0.4) is 0 Å². The van der Waals surface area contributed by atoms with E-state index in [-0.39, 0.29) is 0 Å². The molecule has 1 N–H and O–H groups in total. The average Bonchev–Trinajstić information content (AvgIpc) is 3.16. The monoisotopic (exact) mass is 306 g/mol. The van der Waals surface area contributed by atoms with E-state index in [1.165, 1.54) is 44.3 Å². The van der Waals surface area contributed by atoms with Gasteiger partial charge in [0.1, 0.15) is 11.9 Å². The van der Waals surface area contributed by atoms with E-state index in [0.717, 1.165) is 23.7 Å². The Morgan fingerprint density at radius 3 is 3.10 bits per heavy atom. The summed E-state index contributed by atoms with van der Waals surface area (Å²) in [5.74, 6) is 1.03. The molecular weight excluding hydrogens is 284 g/mol. The van der Waals surface area contributed by atoms with E-state index in [1.807, 2.05) is 12.1 Å². The molecule has 1 aromatic rings. The molecule has 21 heavy (non-hydrogen) atoms. The van der Waals surface area contributed by atoms with Crippen molar-refractivity contribution < 1.29 is 4.74 Å². The SMILES string of the molecule is Clc1ccc2c(c1)CC(CN1CCCC1C1CCCN1)O2. The third-order valence-corrected chi connectivity index (χ3v) is 5.41. The Hall–Kier alpha value is -0.770. The van der Waals surface area contributed by atoms with Crippen LogP contribution in [0.15, 0.2) is 18.2 Å². The minimum Gasteiger partial charge on any atom is -0.488 e. The topological polar surface area (TPSA) is 24.5 Å². The molecule has 2 saturated heterocycles. The third-order valence-electron chi connectivity index (χ3n) is 5.18. The predicted molar refractivity (Wildman–Crippen MR) is 85.2 cm³/mol. The van der Waals surface area contributed by atoms with Gasteiger partial charge >= 0.3 is 0 Å². The van der Waals surface area contributed by atoms with E-state index in [2.05, 4.69) is 16.3 Å². The van der Waals surface area contributed by atoms with Gasteiger partial charge in [0.05, 0.1) is 0 Å². The molecule has 3 unspecified atom stereocenters. The number of fused-ring (bicyclic) bond motifs is 1. The normalized spacial score (nSPS) is 32.3. The number of rotatable bonds is 3. The quantitative estimate of drug-likeness (QED) is 0.929. The summed E-state index contributed by atoms with van der Waals surface area (Å²) < 4.78 is 6.11. The Morgan fingerprint density at radius 1 is 1.29 bits per heavy atom. The Balaban J connectivity index is 1.40. The molecule has 0 saturated carbocycles. The average molecular weight is 307 g/mol. The van der Waals surface area contributed by atoms with Crippen molar-refractivity contribution in [2.75, 3.05) is 19.6 Å². The molecular formula is C17H23ClN2O. The van der Waals surface area contributed by atoms with Gasteiger partial charge in [-0.15, -0.1) is 0 Å². The van der Waals surface area contributed by atoms with Gasteiger partial charge in [0.2, 0.25) is 0 Å². The predicted octanol–water partition coefficient (Wildman–Crippen LogP) is 2.86. The Bertz CT molecular complexity index is 516. The second kappa shape index (κ2) is 5.79. The second-order valence-electron chi connectivity index (χ2n) is 6.60. The summed E-state index contributed by atoms with van der Waals surface area (Å²) in [7, 11) is 0. The van der Waals surface area contributed by atoms with Gasteiger partial charge in [0, 0.05) is 30.1 Å². The van der Waals surface area contributed by atoms with E-state index >= 15 is 0 Å². The smallest absolute Gasteiger partial charge is 0.123 e. The fourth-order valence-corrected chi connectivity index (χ4v) is 4.42. The lowest BCUT2D eigenvalue weighted by atomic mass is 10.0. The number of halogens is 1. The summed E-state index contributed by atoms with van der Waals surface area (Å²) in [6, 6.07) is 7.40. The molecule has 0 radical (unpaired) electrons. The molecule has 3 atom stereocenters. The van der Waals surface area contributed by atoms with Crippen molar-refractivity contribution in [3.05, 3.63) is 28.8 Å². The van der Waals surface area contributed by atoms with Gasteiger partial charge in [-0.3, -0.25) is 4.90 Å². The molecule has 4 rings (SSSR count). The largest absolute Gasteiger partial charge is 0.488 e. The maximum atomic E-state index is 6.11. The van der Waals surface area contributed by atoms with Gasteiger partial charge in [0.25, 0.3) is 0 Å². The first-order valence-corrected chi connectivity index (χ1v) is 8.60. The van der Waals surface area contributed by atoms with Crippen molar-refractivity contribution in [1.29, 1.82) is 0 Å². The maximum Gasteiger partial charge on any atom is 0.123 e. The zero-order chi connectivity index (χ0) is 14.2. The summed E-state index contributed by atoms with van der Waals surface area (Å²) in [5.41, 5.74) is 1.27. The van der Waals surface area contributed by atoms with Crippen molar-refractivity contribution in [1.82, 2.24) is 10.2 Å². The van der Waals surface area contributed by atoms with Crippen LogP contribution in [-0.4, -0.2) is 42.7 Å². The minimum atomic E-state index is 0.292. The van der Waals surface area contributed by atoms with Gasteiger partial charge in [-0.2, -0.15) is 0 Å². The molecule has 4 heteroatoms. The highest BCUT2D eigenvalue weighted by molar-refractivity contribution is 6.30. The molecule has 2 fully saturated rings. The molecule has 0 aliphatic carbocycles. The number of hydrogen-bond donors (Lipinski definition) is 1. The molecule has 3 aliphatic rings. The number of likely N-dealkylation sites (tertiary alicyclic amines) is 1. The van der Waals surface area contributed by atoms with Gasteiger partial charge < -0.3 is 10.1 Å². The fraction of sp³-hybridized carbons (Fsp3) is 0.647. The summed E-state index contributed by atoms with van der Waals surface area (Å²) in [5, 5.41) is 4.49. The first-order chi connectivity index (χ1) is 10.3. The lowest BCUT2D eigenvalue weighted by Gasteiger charge is -2.31. The molecule has 3 nitrogen and oxygen atoms in total. The molecule has 114 valence electrons. The standard InChI is InChI=1S/C17H23ClN2O/c18-13-5-6-17-12(9-13)10-14(21-17)11-20-8-2-4-16(20)15-3-1-7-19-15/h5-6,9,14-16,19H,1-4,7-8,10-11H2. The van der Waals surface area contributed by atoms with Crippen LogP contribution >= 0.6 is 11.6 Å². The zero-order valence-electron chi connectivity index (χ0n) is 12.4. The van der Waals surface area contributed by atoms with Gasteiger partial charge in [0.15, 0.2) is 0 Å². The Labute approximate surface area is 131 Å². The third kappa shape index (κ3) is 2.79. The summed E-state index contributed by atoms with van der Waals surface area (Å²) in [6.45, 7) is 3.47. The maximum absolute atomic E-state index is 6.11. The first-order valence-electron chi connectivity index (χ1n) is 8.22. The Kier molecular flexibility index (Phi) is 3.82. The number of hydrogen-bond acceptors (Lipinski definition) is 3.